The van der Waals surface area contributed by atoms with E-state index in [2.05, 4.69) is 10.0 Å². The van der Waals surface area contributed by atoms with Crippen molar-refractivity contribution < 1.29 is 27.1 Å². The molecular weight excluding hydrogens is 411 g/mol. The van der Waals surface area contributed by atoms with Gasteiger partial charge in [0, 0.05) is 12.6 Å². The summed E-state index contributed by atoms with van der Waals surface area (Å²) < 4.78 is 49.9. The van der Waals surface area contributed by atoms with Gasteiger partial charge in [0.25, 0.3) is 5.91 Å². The van der Waals surface area contributed by atoms with Crippen molar-refractivity contribution in [3.05, 3.63) is 53.3 Å². The summed E-state index contributed by atoms with van der Waals surface area (Å²) in [7, 11) is -2.02. The van der Waals surface area contributed by atoms with E-state index in [1.54, 1.807) is 30.3 Å². The van der Waals surface area contributed by atoms with Crippen LogP contribution in [-0.2, 0) is 26.8 Å². The number of methoxy groups -OCH3 is 1. The molecule has 2 N–H and O–H groups in total. The molecule has 2 aromatic carbocycles. The number of halogens is 1. The van der Waals surface area contributed by atoms with E-state index in [-0.39, 0.29) is 36.0 Å². The Labute approximate surface area is 176 Å². The molecular formula is C21H27FN2O5S. The number of ether oxygens (including phenoxy) is 2. The zero-order valence-corrected chi connectivity index (χ0v) is 18.5. The summed E-state index contributed by atoms with van der Waals surface area (Å²) in [6, 6.07) is 9.40. The van der Waals surface area contributed by atoms with Gasteiger partial charge in [-0.05, 0) is 34.7 Å². The number of carbonyl (C=O) groups is 1. The summed E-state index contributed by atoms with van der Waals surface area (Å²) in [5.74, 6) is -0.158. The number of hydrogen-bond acceptors (Lipinski definition) is 5. The summed E-state index contributed by atoms with van der Waals surface area (Å²) in [6.45, 7) is 5.67. The van der Waals surface area contributed by atoms with Crippen LogP contribution in [-0.4, -0.2) is 34.3 Å². The van der Waals surface area contributed by atoms with Crippen LogP contribution >= 0.6 is 0 Å². The van der Waals surface area contributed by atoms with Crippen LogP contribution in [0.15, 0.2) is 36.4 Å². The predicted octanol–water partition coefficient (Wildman–Crippen LogP) is 3.20. The molecule has 2 rings (SSSR count). The maximum absolute atomic E-state index is 14.2. The molecule has 7 nitrogen and oxygen atoms in total. The molecule has 0 radical (unpaired) electrons. The van der Waals surface area contributed by atoms with Crippen LogP contribution in [0.3, 0.4) is 0 Å². The van der Waals surface area contributed by atoms with Crippen molar-refractivity contribution in [1.82, 2.24) is 5.32 Å². The summed E-state index contributed by atoms with van der Waals surface area (Å²) >= 11 is 0. The first-order valence-electron chi connectivity index (χ1n) is 9.23. The van der Waals surface area contributed by atoms with Crippen molar-refractivity contribution in [2.75, 3.05) is 24.7 Å². The van der Waals surface area contributed by atoms with E-state index in [9.17, 15) is 17.6 Å². The molecule has 0 aliphatic carbocycles. The lowest BCUT2D eigenvalue weighted by atomic mass is 9.87. The molecule has 30 heavy (non-hydrogen) atoms. The van der Waals surface area contributed by atoms with E-state index < -0.39 is 10.0 Å². The third kappa shape index (κ3) is 6.91. The van der Waals surface area contributed by atoms with Crippen molar-refractivity contribution >= 4 is 21.6 Å². The van der Waals surface area contributed by atoms with Gasteiger partial charge >= 0.3 is 0 Å². The summed E-state index contributed by atoms with van der Waals surface area (Å²) in [5, 5.41) is 2.69. The molecule has 0 unspecified atom stereocenters. The van der Waals surface area contributed by atoms with Gasteiger partial charge in [-0.1, -0.05) is 32.9 Å². The number of hydrogen-bond donors (Lipinski definition) is 2. The lowest BCUT2D eigenvalue weighted by Crippen LogP contribution is -2.28. The lowest BCUT2D eigenvalue weighted by Gasteiger charge is -2.20. The number of amides is 1. The van der Waals surface area contributed by atoms with Crippen LogP contribution in [0.1, 0.15) is 31.9 Å². The van der Waals surface area contributed by atoms with Crippen LogP contribution in [0.25, 0.3) is 0 Å². The highest BCUT2D eigenvalue weighted by atomic mass is 32.2. The Hall–Kier alpha value is -2.81. The molecule has 0 aliphatic rings. The third-order valence-electron chi connectivity index (χ3n) is 4.17. The van der Waals surface area contributed by atoms with Crippen LogP contribution in [0.4, 0.5) is 10.1 Å². The molecule has 0 saturated carbocycles. The molecule has 0 heterocycles. The number of benzene rings is 2. The Bertz CT molecular complexity index is 1020. The molecule has 0 fully saturated rings. The minimum absolute atomic E-state index is 0.190. The van der Waals surface area contributed by atoms with E-state index in [1.807, 2.05) is 20.8 Å². The first kappa shape index (κ1) is 23.5. The van der Waals surface area contributed by atoms with E-state index in [0.29, 0.717) is 22.6 Å². The number of nitrogens with one attached hydrogen (secondary N) is 2. The highest BCUT2D eigenvalue weighted by Crippen LogP contribution is 2.28. The maximum Gasteiger partial charge on any atom is 0.258 e. The van der Waals surface area contributed by atoms with Gasteiger partial charge in [0.15, 0.2) is 6.61 Å². The zero-order chi connectivity index (χ0) is 22.5. The second kappa shape index (κ2) is 9.34. The highest BCUT2D eigenvalue weighted by molar-refractivity contribution is 7.92. The molecule has 2 aromatic rings. The summed E-state index contributed by atoms with van der Waals surface area (Å²) in [6.07, 6.45) is 1.04. The smallest absolute Gasteiger partial charge is 0.258 e. The van der Waals surface area contributed by atoms with Crippen LogP contribution in [0, 0.1) is 5.82 Å². The molecule has 0 bridgehead atoms. The Kier molecular flexibility index (Phi) is 7.30. The predicted molar refractivity (Wildman–Crippen MR) is 114 cm³/mol. The standard InChI is InChI=1S/C21H27FN2O5S/c1-21(2,3)16-8-7-15(11-17(16)22)29-13-20(25)23-12-14-6-9-18(19(10-14)28-4)24-30(5,26)27/h6-11,24H,12-13H2,1-5H3,(H,23,25). The van der Waals surface area contributed by atoms with Gasteiger partial charge in [0.1, 0.15) is 17.3 Å². The highest BCUT2D eigenvalue weighted by Gasteiger charge is 2.19. The first-order chi connectivity index (χ1) is 13.9. The molecule has 1 amide bonds. The number of carbonyl (C=O) groups excluding carboxylic acids is 1. The molecule has 0 aliphatic heterocycles. The van der Waals surface area contributed by atoms with Crippen molar-refractivity contribution in [1.29, 1.82) is 0 Å². The number of anilines is 1. The van der Waals surface area contributed by atoms with E-state index >= 15 is 0 Å². The van der Waals surface area contributed by atoms with Gasteiger partial charge < -0.3 is 14.8 Å². The van der Waals surface area contributed by atoms with Gasteiger partial charge in [-0.15, -0.1) is 0 Å². The second-order valence-electron chi connectivity index (χ2n) is 7.87. The van der Waals surface area contributed by atoms with Gasteiger partial charge in [0.05, 0.1) is 19.1 Å². The topological polar surface area (TPSA) is 93.7 Å². The van der Waals surface area contributed by atoms with E-state index in [1.165, 1.54) is 13.2 Å². The van der Waals surface area contributed by atoms with Gasteiger partial charge in [-0.3, -0.25) is 9.52 Å². The normalized spacial score (nSPS) is 11.7. The van der Waals surface area contributed by atoms with Crippen molar-refractivity contribution in [3.8, 4) is 11.5 Å². The van der Waals surface area contributed by atoms with Crippen LogP contribution in [0.2, 0.25) is 0 Å². The van der Waals surface area contributed by atoms with E-state index in [4.69, 9.17) is 9.47 Å². The third-order valence-corrected chi connectivity index (χ3v) is 4.76. The zero-order valence-electron chi connectivity index (χ0n) is 17.7. The molecule has 0 atom stereocenters. The maximum atomic E-state index is 14.2. The Morgan fingerprint density at radius 2 is 1.83 bits per heavy atom. The molecule has 164 valence electrons. The second-order valence-corrected chi connectivity index (χ2v) is 9.61. The fourth-order valence-corrected chi connectivity index (χ4v) is 3.29. The molecule has 9 heteroatoms. The fraction of sp³-hybridized carbons (Fsp3) is 0.381. The average molecular weight is 439 g/mol. The molecule has 0 spiro atoms. The van der Waals surface area contributed by atoms with Crippen molar-refractivity contribution in [3.63, 3.8) is 0 Å². The van der Waals surface area contributed by atoms with Gasteiger partial charge in [-0.2, -0.15) is 0 Å². The summed E-state index contributed by atoms with van der Waals surface area (Å²) in [4.78, 5) is 12.1. The first-order valence-corrected chi connectivity index (χ1v) is 11.1. The SMILES string of the molecule is COc1cc(CNC(=O)COc2ccc(C(C)(C)C)c(F)c2)ccc1NS(C)(=O)=O. The average Bonchev–Trinajstić information content (AvgIpc) is 2.63. The van der Waals surface area contributed by atoms with Crippen LogP contribution in [0.5, 0.6) is 11.5 Å². The lowest BCUT2D eigenvalue weighted by molar-refractivity contribution is -0.123. The minimum Gasteiger partial charge on any atom is -0.495 e. The van der Waals surface area contributed by atoms with Gasteiger partial charge in [0.2, 0.25) is 10.0 Å². The quantitative estimate of drug-likeness (QED) is 0.660. The summed E-state index contributed by atoms with van der Waals surface area (Å²) in [5.41, 5.74) is 1.26. The van der Waals surface area contributed by atoms with Crippen molar-refractivity contribution in [2.45, 2.75) is 32.7 Å². The molecule has 0 aromatic heterocycles. The van der Waals surface area contributed by atoms with Gasteiger partial charge in [-0.25, -0.2) is 12.8 Å². The van der Waals surface area contributed by atoms with Crippen LogP contribution < -0.4 is 19.5 Å². The largest absolute Gasteiger partial charge is 0.495 e. The molecule has 0 saturated heterocycles. The number of rotatable bonds is 8. The Morgan fingerprint density at radius 3 is 2.40 bits per heavy atom. The van der Waals surface area contributed by atoms with Crippen molar-refractivity contribution in [2.24, 2.45) is 0 Å². The monoisotopic (exact) mass is 438 g/mol. The van der Waals surface area contributed by atoms with E-state index in [0.717, 1.165) is 6.26 Å². The Balaban J connectivity index is 1.93. The Morgan fingerprint density at radius 1 is 1.13 bits per heavy atom. The minimum atomic E-state index is -3.44. The number of sulfonamides is 1. The fourth-order valence-electron chi connectivity index (χ4n) is 2.72.